The van der Waals surface area contributed by atoms with Gasteiger partial charge in [-0.15, -0.1) is 0 Å². The first-order chi connectivity index (χ1) is 25.5. The lowest BCUT2D eigenvalue weighted by molar-refractivity contribution is -0.318. The Labute approximate surface area is 303 Å². The second-order valence-corrected chi connectivity index (χ2v) is 13.0. The fourth-order valence-electron chi connectivity index (χ4n) is 6.20. The SMILES string of the molecule is CC1O[C@@H](OCC2O[C@@H](Oc3c(-c4ccc(O)cc4)oc4cc(O)c(O[C@@H]5OC(CO)[C@@H](O)[C@H](O)C5O)c(O)c4c3=O)C(O)C(O)[C@@H]2O)C(O)[C@@H](O)[C@H]1O. The molecule has 3 saturated heterocycles. The Morgan fingerprint density at radius 2 is 1.19 bits per heavy atom. The van der Waals surface area contributed by atoms with E-state index in [4.69, 9.17) is 32.8 Å². The van der Waals surface area contributed by atoms with Crippen LogP contribution in [0.4, 0.5) is 0 Å². The summed E-state index contributed by atoms with van der Waals surface area (Å²) in [5.74, 6) is -4.27. The van der Waals surface area contributed by atoms with Crippen molar-refractivity contribution in [2.45, 2.75) is 99.0 Å². The van der Waals surface area contributed by atoms with Crippen molar-refractivity contribution >= 4 is 11.0 Å². The molecule has 0 bridgehead atoms. The Hall–Kier alpha value is -3.91. The van der Waals surface area contributed by atoms with Crippen LogP contribution in [0.25, 0.3) is 22.3 Å². The summed E-state index contributed by atoms with van der Waals surface area (Å²) >= 11 is 0. The molecule has 21 nitrogen and oxygen atoms in total. The monoisotopic (exact) mass is 772 g/mol. The molecule has 54 heavy (non-hydrogen) atoms. The zero-order chi connectivity index (χ0) is 39.3. The van der Waals surface area contributed by atoms with Gasteiger partial charge in [0.2, 0.25) is 29.5 Å². The van der Waals surface area contributed by atoms with Gasteiger partial charge in [0, 0.05) is 11.6 Å². The third-order valence-electron chi connectivity index (χ3n) is 9.40. The average molecular weight is 773 g/mol. The quantitative estimate of drug-likeness (QED) is 0.0980. The second kappa shape index (κ2) is 15.7. The van der Waals surface area contributed by atoms with Gasteiger partial charge in [0.05, 0.1) is 19.3 Å². The predicted octanol–water partition coefficient (Wildman–Crippen LogP) is -4.21. The van der Waals surface area contributed by atoms with E-state index in [1.54, 1.807) is 0 Å². The highest BCUT2D eigenvalue weighted by atomic mass is 16.7. The fraction of sp³-hybridized carbons (Fsp3) is 0.545. The number of aliphatic hydroxyl groups is 10. The molecule has 15 atom stereocenters. The number of hydrogen-bond acceptors (Lipinski definition) is 21. The van der Waals surface area contributed by atoms with Crippen molar-refractivity contribution in [2.75, 3.05) is 13.2 Å². The molecule has 0 saturated carbocycles. The zero-order valence-electron chi connectivity index (χ0n) is 28.0. The topological polar surface area (TPSA) is 349 Å². The number of phenols is 3. The minimum Gasteiger partial charge on any atom is -0.508 e. The minimum atomic E-state index is -2.06. The van der Waals surface area contributed by atoms with Gasteiger partial charge in [0.1, 0.15) is 83.9 Å². The third kappa shape index (κ3) is 7.27. The summed E-state index contributed by atoms with van der Waals surface area (Å²) in [6.45, 7) is -0.101. The van der Waals surface area contributed by atoms with Crippen LogP contribution in [0.15, 0.2) is 39.5 Å². The molecule has 6 rings (SSSR count). The molecule has 0 radical (unpaired) electrons. The lowest BCUT2D eigenvalue weighted by Crippen LogP contribution is -2.61. The summed E-state index contributed by atoms with van der Waals surface area (Å²) in [4.78, 5) is 14.2. The highest BCUT2D eigenvalue weighted by Crippen LogP contribution is 2.45. The number of rotatable bonds is 9. The van der Waals surface area contributed by atoms with E-state index in [1.807, 2.05) is 0 Å². The van der Waals surface area contributed by atoms with Gasteiger partial charge in [0.15, 0.2) is 23.5 Å². The smallest absolute Gasteiger partial charge is 0.239 e. The summed E-state index contributed by atoms with van der Waals surface area (Å²) in [5.41, 5.74) is -1.63. The molecule has 0 aliphatic carbocycles. The van der Waals surface area contributed by atoms with Crippen LogP contribution in [0.2, 0.25) is 0 Å². The van der Waals surface area contributed by atoms with E-state index in [0.717, 1.165) is 6.07 Å². The Balaban J connectivity index is 1.36. The zero-order valence-corrected chi connectivity index (χ0v) is 28.0. The second-order valence-electron chi connectivity index (χ2n) is 13.0. The van der Waals surface area contributed by atoms with Gasteiger partial charge in [-0.3, -0.25) is 4.79 Å². The lowest BCUT2D eigenvalue weighted by Gasteiger charge is -2.42. The number of benzene rings is 2. The first-order valence-corrected chi connectivity index (χ1v) is 16.5. The summed E-state index contributed by atoms with van der Waals surface area (Å²) in [5, 5.41) is 134. The van der Waals surface area contributed by atoms with Gasteiger partial charge in [0.25, 0.3) is 0 Å². The van der Waals surface area contributed by atoms with Crippen molar-refractivity contribution in [3.63, 3.8) is 0 Å². The molecule has 21 heteroatoms. The molecule has 298 valence electrons. The van der Waals surface area contributed by atoms with Crippen LogP contribution in [-0.2, 0) is 18.9 Å². The Morgan fingerprint density at radius 1 is 0.648 bits per heavy atom. The molecule has 7 unspecified atom stereocenters. The van der Waals surface area contributed by atoms with Crippen molar-refractivity contribution in [2.24, 2.45) is 0 Å². The highest BCUT2D eigenvalue weighted by Gasteiger charge is 2.49. The van der Waals surface area contributed by atoms with Gasteiger partial charge in [-0.25, -0.2) is 0 Å². The summed E-state index contributed by atoms with van der Waals surface area (Å²) < 4.78 is 38.9. The van der Waals surface area contributed by atoms with Crippen LogP contribution in [0.3, 0.4) is 0 Å². The maximum absolute atomic E-state index is 14.2. The van der Waals surface area contributed by atoms with E-state index in [9.17, 15) is 71.2 Å². The van der Waals surface area contributed by atoms with Crippen LogP contribution in [0, 0.1) is 0 Å². The van der Waals surface area contributed by atoms with Gasteiger partial charge in [-0.1, -0.05) is 0 Å². The normalized spacial score (nSPS) is 37.3. The molecule has 1 aromatic heterocycles. The van der Waals surface area contributed by atoms with E-state index in [2.05, 4.69) is 0 Å². The molecule has 3 fully saturated rings. The van der Waals surface area contributed by atoms with Crippen molar-refractivity contribution < 1.29 is 99.2 Å². The molecule has 13 N–H and O–H groups in total. The van der Waals surface area contributed by atoms with E-state index in [0.29, 0.717) is 0 Å². The first kappa shape index (κ1) is 39.8. The predicted molar refractivity (Wildman–Crippen MR) is 173 cm³/mol. The summed E-state index contributed by atoms with van der Waals surface area (Å²) in [6, 6.07) is 5.85. The number of aliphatic hydroxyl groups excluding tert-OH is 10. The molecular weight excluding hydrogens is 732 g/mol. The van der Waals surface area contributed by atoms with Gasteiger partial charge >= 0.3 is 0 Å². The maximum Gasteiger partial charge on any atom is 0.239 e. The Kier molecular flexibility index (Phi) is 11.5. The lowest BCUT2D eigenvalue weighted by atomic mass is 9.98. The highest BCUT2D eigenvalue weighted by molar-refractivity contribution is 5.91. The van der Waals surface area contributed by atoms with Crippen LogP contribution in [0.5, 0.6) is 28.7 Å². The molecule has 0 amide bonds. The molecule has 3 aliphatic heterocycles. The van der Waals surface area contributed by atoms with E-state index >= 15 is 0 Å². The maximum atomic E-state index is 14.2. The first-order valence-electron chi connectivity index (χ1n) is 16.5. The number of fused-ring (bicyclic) bond motifs is 1. The standard InChI is InChI=1S/C33H40O21/c1-9-17(37)22(42)25(45)31(49-9)48-8-15-19(39)24(44)27(47)33(52-15)54-30-21(41)16-13(50-28(30)10-2-4-11(35)5-3-10)6-12(36)29(20(16)40)53-32-26(46)23(43)18(38)14(7-34)51-32/h2-6,9,14-15,17-19,22-27,31-40,42-47H,7-8H2,1H3/t9?,14?,15?,17-,18+,19+,22-,23-,24?,25?,26?,27?,31+,32-,33-/m0/s1. The van der Waals surface area contributed by atoms with E-state index < -0.39 is 150 Å². The molecule has 0 spiro atoms. The van der Waals surface area contributed by atoms with Gasteiger partial charge < -0.3 is 99.2 Å². The fourth-order valence-corrected chi connectivity index (χ4v) is 6.20. The summed E-state index contributed by atoms with van der Waals surface area (Å²) in [7, 11) is 0. The van der Waals surface area contributed by atoms with Crippen LogP contribution < -0.4 is 14.9 Å². The van der Waals surface area contributed by atoms with Crippen LogP contribution in [0.1, 0.15) is 6.92 Å². The minimum absolute atomic E-state index is 0.0616. The Morgan fingerprint density at radius 3 is 1.80 bits per heavy atom. The largest absolute Gasteiger partial charge is 0.508 e. The Bertz CT molecular complexity index is 1830. The third-order valence-corrected chi connectivity index (χ3v) is 9.40. The van der Waals surface area contributed by atoms with E-state index in [-0.39, 0.29) is 11.3 Å². The van der Waals surface area contributed by atoms with Crippen molar-refractivity contribution in [1.82, 2.24) is 0 Å². The van der Waals surface area contributed by atoms with Crippen LogP contribution in [-0.4, -0.2) is 172 Å². The van der Waals surface area contributed by atoms with Gasteiger partial charge in [-0.2, -0.15) is 0 Å². The number of hydrogen-bond donors (Lipinski definition) is 13. The molecular formula is C33H40O21. The molecule has 3 aliphatic rings. The van der Waals surface area contributed by atoms with Gasteiger partial charge in [-0.05, 0) is 31.2 Å². The van der Waals surface area contributed by atoms with Crippen LogP contribution >= 0.6 is 0 Å². The number of phenolic OH excluding ortho intramolecular Hbond substituents is 3. The molecule has 4 heterocycles. The number of aromatic hydroxyl groups is 3. The average Bonchev–Trinajstić information content (AvgIpc) is 3.14. The summed E-state index contributed by atoms with van der Waals surface area (Å²) in [6.07, 6.45) is -25.9. The van der Waals surface area contributed by atoms with Crippen molar-refractivity contribution in [1.29, 1.82) is 0 Å². The molecule has 2 aromatic carbocycles. The van der Waals surface area contributed by atoms with Crippen molar-refractivity contribution in [3.8, 4) is 40.1 Å². The van der Waals surface area contributed by atoms with Crippen molar-refractivity contribution in [3.05, 3.63) is 40.6 Å². The number of ether oxygens (including phenoxy) is 6. The molecule has 3 aromatic rings. The van der Waals surface area contributed by atoms with E-state index in [1.165, 1.54) is 31.2 Å².